The summed E-state index contributed by atoms with van der Waals surface area (Å²) in [6, 6.07) is 2.68. The summed E-state index contributed by atoms with van der Waals surface area (Å²) >= 11 is 0. The van der Waals surface area contributed by atoms with Crippen molar-refractivity contribution in [1.82, 2.24) is 14.7 Å². The molecular weight excluding hydrogens is 262 g/mol. The Morgan fingerprint density at radius 3 is 2.67 bits per heavy atom. The average molecular weight is 291 g/mol. The summed E-state index contributed by atoms with van der Waals surface area (Å²) in [5.41, 5.74) is 1.91. The first-order chi connectivity index (χ1) is 10.1. The van der Waals surface area contributed by atoms with Crippen LogP contribution in [-0.4, -0.2) is 44.5 Å². The SMILES string of the molecule is Cc1cc(C)n(C[C@@H]2CCCN2CC2(O)CCCCC2)n1. The molecule has 0 aromatic carbocycles. The quantitative estimate of drug-likeness (QED) is 0.927. The molecule has 4 heteroatoms. The number of nitrogens with zero attached hydrogens (tertiary/aromatic N) is 3. The standard InChI is InChI=1S/C17H29N3O/c1-14-11-15(2)20(18-14)12-16-7-6-10-19(16)13-17(21)8-4-3-5-9-17/h11,16,21H,3-10,12-13H2,1-2H3/t16-/m0/s1. The van der Waals surface area contributed by atoms with Crippen molar-refractivity contribution < 1.29 is 5.11 Å². The number of aliphatic hydroxyl groups is 1. The van der Waals surface area contributed by atoms with E-state index in [4.69, 9.17) is 0 Å². The number of aryl methyl sites for hydroxylation is 2. The minimum Gasteiger partial charge on any atom is -0.389 e. The molecule has 1 aromatic rings. The van der Waals surface area contributed by atoms with Crippen LogP contribution in [0.15, 0.2) is 6.07 Å². The number of rotatable bonds is 4. The van der Waals surface area contributed by atoms with Gasteiger partial charge in [0.2, 0.25) is 0 Å². The normalized spacial score (nSPS) is 26.3. The fourth-order valence-electron chi connectivity index (χ4n) is 4.12. The highest BCUT2D eigenvalue weighted by Crippen LogP contribution is 2.31. The van der Waals surface area contributed by atoms with Gasteiger partial charge in [-0.05, 0) is 52.1 Å². The summed E-state index contributed by atoms with van der Waals surface area (Å²) in [5, 5.41) is 15.4. The molecule has 1 aliphatic carbocycles. The molecule has 1 saturated heterocycles. The lowest BCUT2D eigenvalue weighted by Gasteiger charge is -2.37. The largest absolute Gasteiger partial charge is 0.389 e. The van der Waals surface area contributed by atoms with Crippen molar-refractivity contribution in [3.8, 4) is 0 Å². The number of hydrogen-bond acceptors (Lipinski definition) is 3. The van der Waals surface area contributed by atoms with Gasteiger partial charge in [-0.1, -0.05) is 19.3 Å². The first-order valence-electron chi connectivity index (χ1n) is 8.53. The lowest BCUT2D eigenvalue weighted by molar-refractivity contribution is -0.0304. The molecule has 4 nitrogen and oxygen atoms in total. The topological polar surface area (TPSA) is 41.3 Å². The molecule has 1 atom stereocenters. The van der Waals surface area contributed by atoms with Crippen LogP contribution in [0.3, 0.4) is 0 Å². The lowest BCUT2D eigenvalue weighted by Crippen LogP contribution is -2.47. The number of β-amino-alcohol motifs (C(OH)–C–C–N with tert-alkyl or cyclic N) is 1. The predicted octanol–water partition coefficient (Wildman–Crippen LogP) is 2.66. The highest BCUT2D eigenvalue weighted by atomic mass is 16.3. The van der Waals surface area contributed by atoms with Crippen LogP contribution in [-0.2, 0) is 6.54 Å². The van der Waals surface area contributed by atoms with Crippen molar-refractivity contribution in [3.63, 3.8) is 0 Å². The zero-order valence-electron chi connectivity index (χ0n) is 13.5. The molecule has 0 radical (unpaired) electrons. The van der Waals surface area contributed by atoms with Gasteiger partial charge in [-0.15, -0.1) is 0 Å². The molecule has 0 amide bonds. The van der Waals surface area contributed by atoms with E-state index in [-0.39, 0.29) is 0 Å². The van der Waals surface area contributed by atoms with Crippen molar-refractivity contribution in [2.45, 2.75) is 77.0 Å². The number of aromatic nitrogens is 2. The molecular formula is C17H29N3O. The monoisotopic (exact) mass is 291 g/mol. The van der Waals surface area contributed by atoms with Gasteiger partial charge in [0.25, 0.3) is 0 Å². The third kappa shape index (κ3) is 3.49. The molecule has 2 aliphatic rings. The molecule has 118 valence electrons. The minimum atomic E-state index is -0.435. The smallest absolute Gasteiger partial charge is 0.0774 e. The van der Waals surface area contributed by atoms with Gasteiger partial charge in [0.1, 0.15) is 0 Å². The van der Waals surface area contributed by atoms with Crippen molar-refractivity contribution in [1.29, 1.82) is 0 Å². The first-order valence-corrected chi connectivity index (χ1v) is 8.53. The first kappa shape index (κ1) is 15.0. The second-order valence-electron chi connectivity index (χ2n) is 7.16. The third-order valence-electron chi connectivity index (χ3n) is 5.27. The van der Waals surface area contributed by atoms with Gasteiger partial charge in [-0.3, -0.25) is 9.58 Å². The van der Waals surface area contributed by atoms with Crippen LogP contribution >= 0.6 is 0 Å². The molecule has 1 saturated carbocycles. The highest BCUT2D eigenvalue weighted by Gasteiger charge is 2.35. The summed E-state index contributed by atoms with van der Waals surface area (Å²) in [5.74, 6) is 0. The molecule has 21 heavy (non-hydrogen) atoms. The fourth-order valence-corrected chi connectivity index (χ4v) is 4.12. The fraction of sp³-hybridized carbons (Fsp3) is 0.824. The Kier molecular flexibility index (Phi) is 4.36. The van der Waals surface area contributed by atoms with Crippen molar-refractivity contribution in [3.05, 3.63) is 17.5 Å². The van der Waals surface area contributed by atoms with Crippen molar-refractivity contribution in [2.75, 3.05) is 13.1 Å². The summed E-state index contributed by atoms with van der Waals surface area (Å²) in [6.07, 6.45) is 8.11. The molecule has 3 rings (SSSR count). The van der Waals surface area contributed by atoms with Crippen LogP contribution in [0.1, 0.15) is 56.3 Å². The summed E-state index contributed by atoms with van der Waals surface area (Å²) < 4.78 is 2.14. The van der Waals surface area contributed by atoms with Crippen LogP contribution in [0.2, 0.25) is 0 Å². The van der Waals surface area contributed by atoms with Gasteiger partial charge >= 0.3 is 0 Å². The van der Waals surface area contributed by atoms with Crippen LogP contribution in [0.4, 0.5) is 0 Å². The van der Waals surface area contributed by atoms with E-state index in [0.29, 0.717) is 6.04 Å². The third-order valence-corrected chi connectivity index (χ3v) is 5.27. The summed E-state index contributed by atoms with van der Waals surface area (Å²) in [4.78, 5) is 2.52. The zero-order valence-corrected chi connectivity index (χ0v) is 13.5. The molecule has 2 fully saturated rings. The summed E-state index contributed by atoms with van der Waals surface area (Å²) in [7, 11) is 0. The van der Waals surface area contributed by atoms with E-state index in [2.05, 4.69) is 34.6 Å². The van der Waals surface area contributed by atoms with Crippen LogP contribution in [0.5, 0.6) is 0 Å². The van der Waals surface area contributed by atoms with Crippen molar-refractivity contribution >= 4 is 0 Å². The van der Waals surface area contributed by atoms with E-state index in [0.717, 1.165) is 38.2 Å². The van der Waals surface area contributed by atoms with Crippen LogP contribution in [0, 0.1) is 13.8 Å². The van der Waals surface area contributed by atoms with Crippen LogP contribution < -0.4 is 0 Å². The maximum Gasteiger partial charge on any atom is 0.0774 e. The van der Waals surface area contributed by atoms with E-state index in [9.17, 15) is 5.11 Å². The van der Waals surface area contributed by atoms with Crippen molar-refractivity contribution in [2.24, 2.45) is 0 Å². The number of hydrogen-bond donors (Lipinski definition) is 1. The molecule has 1 aliphatic heterocycles. The lowest BCUT2D eigenvalue weighted by atomic mass is 9.84. The molecule has 0 bridgehead atoms. The molecule has 2 heterocycles. The van der Waals surface area contributed by atoms with Gasteiger partial charge in [-0.2, -0.15) is 5.10 Å². The second kappa shape index (κ2) is 6.09. The Balaban J connectivity index is 1.63. The zero-order chi connectivity index (χ0) is 14.9. The molecule has 0 unspecified atom stereocenters. The van der Waals surface area contributed by atoms with E-state index in [1.165, 1.54) is 37.8 Å². The molecule has 1 aromatic heterocycles. The van der Waals surface area contributed by atoms with Gasteiger partial charge in [0.15, 0.2) is 0 Å². The highest BCUT2D eigenvalue weighted by molar-refractivity contribution is 5.07. The average Bonchev–Trinajstić information content (AvgIpc) is 2.98. The van der Waals surface area contributed by atoms with E-state index < -0.39 is 5.60 Å². The van der Waals surface area contributed by atoms with Gasteiger partial charge in [0.05, 0.1) is 17.8 Å². The van der Waals surface area contributed by atoms with Gasteiger partial charge in [0, 0.05) is 18.3 Å². The van der Waals surface area contributed by atoms with E-state index in [1.807, 2.05) is 0 Å². The van der Waals surface area contributed by atoms with E-state index in [1.54, 1.807) is 0 Å². The van der Waals surface area contributed by atoms with Gasteiger partial charge in [-0.25, -0.2) is 0 Å². The Morgan fingerprint density at radius 2 is 2.00 bits per heavy atom. The predicted molar refractivity (Wildman–Crippen MR) is 84.3 cm³/mol. The Morgan fingerprint density at radius 1 is 1.24 bits per heavy atom. The maximum atomic E-state index is 10.8. The Bertz CT molecular complexity index is 476. The van der Waals surface area contributed by atoms with E-state index >= 15 is 0 Å². The minimum absolute atomic E-state index is 0.435. The maximum absolute atomic E-state index is 10.8. The summed E-state index contributed by atoms with van der Waals surface area (Å²) in [6.45, 7) is 7.15. The Labute approximate surface area is 128 Å². The second-order valence-corrected chi connectivity index (χ2v) is 7.16. The number of likely N-dealkylation sites (tertiary alicyclic amines) is 1. The Hall–Kier alpha value is -0.870. The molecule has 1 N–H and O–H groups in total. The van der Waals surface area contributed by atoms with Gasteiger partial charge < -0.3 is 5.11 Å². The van der Waals surface area contributed by atoms with Crippen LogP contribution in [0.25, 0.3) is 0 Å². The molecule has 0 spiro atoms.